The number of aliphatic hydroxyl groups excluding tert-OH is 1. The highest BCUT2D eigenvalue weighted by atomic mass is 35.5. The SMILES string of the molecule is O=C(O)C(F)(F)F.O=C(O)C(F)(F)F.O[C@H]1CNC[C@@H]1N1CCN(c2ccccc2Cl)CC1. The number of benzene rings is 1. The van der Waals surface area contributed by atoms with E-state index < -0.39 is 24.3 Å². The largest absolute Gasteiger partial charge is 0.490 e. The van der Waals surface area contributed by atoms with Gasteiger partial charge in [-0.15, -0.1) is 0 Å². The molecule has 2 aliphatic rings. The number of carbonyl (C=O) groups is 2. The highest BCUT2D eigenvalue weighted by Gasteiger charge is 2.39. The Balaban J connectivity index is 0.000000324. The number of para-hydroxylation sites is 1. The number of aliphatic carboxylic acids is 2. The van der Waals surface area contributed by atoms with Crippen LogP contribution in [-0.2, 0) is 9.59 Å². The zero-order valence-corrected chi connectivity index (χ0v) is 17.7. The molecule has 3 rings (SSSR count). The van der Waals surface area contributed by atoms with Crippen molar-refractivity contribution in [2.75, 3.05) is 44.2 Å². The summed E-state index contributed by atoms with van der Waals surface area (Å²) < 4.78 is 63.5. The van der Waals surface area contributed by atoms with Crippen LogP contribution in [0.1, 0.15) is 0 Å². The molecule has 33 heavy (non-hydrogen) atoms. The van der Waals surface area contributed by atoms with Crippen molar-refractivity contribution in [3.63, 3.8) is 0 Å². The van der Waals surface area contributed by atoms with Crippen molar-refractivity contribution in [1.82, 2.24) is 10.2 Å². The number of nitrogens with one attached hydrogen (secondary N) is 1. The minimum absolute atomic E-state index is 0.230. The van der Waals surface area contributed by atoms with Crippen molar-refractivity contribution < 1.29 is 51.3 Å². The van der Waals surface area contributed by atoms with Crippen LogP contribution in [0.15, 0.2) is 24.3 Å². The van der Waals surface area contributed by atoms with Gasteiger partial charge < -0.3 is 25.5 Å². The minimum Gasteiger partial charge on any atom is -0.475 e. The Hall–Kier alpha value is -2.29. The lowest BCUT2D eigenvalue weighted by Gasteiger charge is -2.40. The first kappa shape index (κ1) is 28.7. The van der Waals surface area contributed by atoms with E-state index in [0.717, 1.165) is 50.0 Å². The van der Waals surface area contributed by atoms with Crippen molar-refractivity contribution in [1.29, 1.82) is 0 Å². The number of nitrogens with zero attached hydrogens (tertiary/aromatic N) is 2. The number of β-amino-alcohol motifs (C(OH)–C–C–N with tert-alkyl or cyclic N) is 1. The van der Waals surface area contributed by atoms with Crippen molar-refractivity contribution >= 4 is 29.2 Å². The number of hydrogen-bond donors (Lipinski definition) is 4. The number of piperazine rings is 1. The van der Waals surface area contributed by atoms with E-state index in [1.54, 1.807) is 0 Å². The first-order valence-corrected chi connectivity index (χ1v) is 9.75. The number of halogens is 7. The number of carboxylic acid groups (broad SMARTS) is 2. The Kier molecular flexibility index (Phi) is 10.7. The molecule has 1 aromatic carbocycles. The fourth-order valence-electron chi connectivity index (χ4n) is 3.03. The number of hydrogen-bond acceptors (Lipinski definition) is 6. The predicted octanol–water partition coefficient (Wildman–Crippen LogP) is 2.06. The van der Waals surface area contributed by atoms with Crippen LogP contribution in [0.4, 0.5) is 32.0 Å². The van der Waals surface area contributed by atoms with Crippen LogP contribution in [0, 0.1) is 0 Å². The molecule has 0 unspecified atom stereocenters. The van der Waals surface area contributed by atoms with E-state index >= 15 is 0 Å². The van der Waals surface area contributed by atoms with Crippen molar-refractivity contribution in [3.05, 3.63) is 29.3 Å². The molecule has 0 spiro atoms. The maximum absolute atomic E-state index is 10.6. The maximum Gasteiger partial charge on any atom is 0.490 e. The Labute approximate surface area is 189 Å². The Morgan fingerprint density at radius 1 is 0.909 bits per heavy atom. The van der Waals surface area contributed by atoms with Gasteiger partial charge in [0.15, 0.2) is 0 Å². The third-order valence-corrected chi connectivity index (χ3v) is 4.93. The lowest BCUT2D eigenvalue weighted by atomic mass is 10.1. The van der Waals surface area contributed by atoms with Gasteiger partial charge in [-0.05, 0) is 12.1 Å². The summed E-state index contributed by atoms with van der Waals surface area (Å²) in [6.07, 6.45) is -10.4. The second-order valence-corrected chi connectivity index (χ2v) is 7.28. The van der Waals surface area contributed by atoms with Crippen molar-refractivity contribution in [2.45, 2.75) is 24.5 Å². The van der Waals surface area contributed by atoms with Crippen LogP contribution in [-0.4, -0.2) is 95.9 Å². The first-order valence-electron chi connectivity index (χ1n) is 9.37. The molecule has 0 aromatic heterocycles. The summed E-state index contributed by atoms with van der Waals surface area (Å²) in [5, 5.41) is 28.2. The summed E-state index contributed by atoms with van der Waals surface area (Å²) >= 11 is 6.24. The summed E-state index contributed by atoms with van der Waals surface area (Å²) in [6.45, 7) is 5.51. The zero-order chi connectivity index (χ0) is 25.4. The topological polar surface area (TPSA) is 113 Å². The fourth-order valence-corrected chi connectivity index (χ4v) is 3.28. The van der Waals surface area contributed by atoms with Gasteiger partial charge in [0, 0.05) is 45.3 Å². The van der Waals surface area contributed by atoms with Gasteiger partial charge in [-0.1, -0.05) is 23.7 Å². The molecule has 0 aliphatic carbocycles. The fraction of sp³-hybridized carbons (Fsp3) is 0.556. The van der Waals surface area contributed by atoms with Crippen LogP contribution in [0.5, 0.6) is 0 Å². The van der Waals surface area contributed by atoms with Gasteiger partial charge in [-0.2, -0.15) is 26.3 Å². The van der Waals surface area contributed by atoms with Gasteiger partial charge in [-0.3, -0.25) is 4.90 Å². The molecule has 15 heteroatoms. The maximum atomic E-state index is 10.6. The molecule has 2 atom stereocenters. The molecule has 0 saturated carbocycles. The summed E-state index contributed by atoms with van der Waals surface area (Å²) in [7, 11) is 0. The van der Waals surface area contributed by atoms with Crippen LogP contribution in [0.2, 0.25) is 5.02 Å². The number of carboxylic acids is 2. The number of alkyl halides is 6. The molecule has 0 amide bonds. The van der Waals surface area contributed by atoms with Gasteiger partial charge in [-0.25, -0.2) is 9.59 Å². The van der Waals surface area contributed by atoms with Gasteiger partial charge in [0.05, 0.1) is 16.8 Å². The normalized spacial score (nSPS) is 21.4. The molecule has 0 bridgehead atoms. The van der Waals surface area contributed by atoms with Crippen molar-refractivity contribution in [3.8, 4) is 0 Å². The third kappa shape index (κ3) is 9.61. The summed E-state index contributed by atoms with van der Waals surface area (Å²) in [4.78, 5) is 22.5. The van der Waals surface area contributed by atoms with E-state index in [1.165, 1.54) is 0 Å². The predicted molar refractivity (Wildman–Crippen MR) is 105 cm³/mol. The molecule has 0 radical (unpaired) electrons. The minimum atomic E-state index is -5.08. The van der Waals surface area contributed by atoms with E-state index in [9.17, 15) is 31.4 Å². The highest BCUT2D eigenvalue weighted by molar-refractivity contribution is 6.33. The second-order valence-electron chi connectivity index (χ2n) is 6.87. The Bertz CT molecular complexity index is 764. The van der Waals surface area contributed by atoms with E-state index in [4.69, 9.17) is 31.4 Å². The summed E-state index contributed by atoms with van der Waals surface area (Å²) in [6, 6.07) is 8.27. The summed E-state index contributed by atoms with van der Waals surface area (Å²) in [5.41, 5.74) is 1.12. The molecule has 188 valence electrons. The third-order valence-electron chi connectivity index (χ3n) is 4.61. The molecule has 4 N–H and O–H groups in total. The average molecular weight is 510 g/mol. The summed E-state index contributed by atoms with van der Waals surface area (Å²) in [5.74, 6) is -5.51. The molecular formula is C18H22ClF6N3O5. The average Bonchev–Trinajstić information content (AvgIpc) is 3.14. The van der Waals surface area contributed by atoms with Crippen LogP contribution in [0.25, 0.3) is 0 Å². The van der Waals surface area contributed by atoms with E-state index in [0.29, 0.717) is 0 Å². The quantitative estimate of drug-likeness (QED) is 0.448. The molecule has 2 saturated heterocycles. The van der Waals surface area contributed by atoms with Crippen molar-refractivity contribution in [2.24, 2.45) is 0 Å². The second kappa shape index (κ2) is 12.3. The lowest BCUT2D eigenvalue weighted by Crippen LogP contribution is -2.53. The van der Waals surface area contributed by atoms with Gasteiger partial charge in [0.2, 0.25) is 0 Å². The molecule has 2 fully saturated rings. The smallest absolute Gasteiger partial charge is 0.475 e. The molecule has 1 aromatic rings. The van der Waals surface area contributed by atoms with E-state index in [1.807, 2.05) is 18.2 Å². The highest BCUT2D eigenvalue weighted by Crippen LogP contribution is 2.26. The molecule has 2 heterocycles. The van der Waals surface area contributed by atoms with Crippen LogP contribution < -0.4 is 10.2 Å². The lowest BCUT2D eigenvalue weighted by molar-refractivity contribution is -0.193. The van der Waals surface area contributed by atoms with Crippen LogP contribution in [0.3, 0.4) is 0 Å². The van der Waals surface area contributed by atoms with Gasteiger partial charge in [0.1, 0.15) is 0 Å². The van der Waals surface area contributed by atoms with Crippen LogP contribution >= 0.6 is 11.6 Å². The number of aliphatic hydroxyl groups is 1. The first-order chi connectivity index (χ1) is 15.1. The standard InChI is InChI=1S/C14H20ClN3O.2C2HF3O2/c15-11-3-1-2-4-12(11)17-5-7-18(8-6-17)13-9-16-10-14(13)19;2*3-2(4,5)1(6)7/h1-4,13-14,16,19H,5-10H2;2*(H,6,7)/t13-,14-;;/m0../s1. The van der Waals surface area contributed by atoms with E-state index in [2.05, 4.69) is 21.2 Å². The Morgan fingerprint density at radius 2 is 1.36 bits per heavy atom. The number of anilines is 1. The number of rotatable bonds is 2. The van der Waals surface area contributed by atoms with E-state index in [-0.39, 0.29) is 12.1 Å². The molecule has 8 nitrogen and oxygen atoms in total. The zero-order valence-electron chi connectivity index (χ0n) is 16.9. The molecular weight excluding hydrogens is 488 g/mol. The Morgan fingerprint density at radius 3 is 1.73 bits per heavy atom. The van der Waals surface area contributed by atoms with Gasteiger partial charge in [0.25, 0.3) is 0 Å². The monoisotopic (exact) mass is 509 g/mol. The van der Waals surface area contributed by atoms with Gasteiger partial charge >= 0.3 is 24.3 Å². The molecule has 2 aliphatic heterocycles.